The smallest absolute Gasteiger partial charge is 0.0314 e. The molecule has 2 aromatic carbocycles. The van der Waals surface area contributed by atoms with Crippen LogP contribution in [-0.2, 0) is 6.42 Å². The molecule has 0 bridgehead atoms. The predicted molar refractivity (Wildman–Crippen MR) is 92.3 cm³/mol. The summed E-state index contributed by atoms with van der Waals surface area (Å²) < 4.78 is 0. The first-order chi connectivity index (χ1) is 9.66. The molecule has 110 valence electrons. The van der Waals surface area contributed by atoms with Gasteiger partial charge in [-0.2, -0.15) is 0 Å². The maximum atomic E-state index is 5.67. The van der Waals surface area contributed by atoms with Crippen molar-refractivity contribution in [1.29, 1.82) is 0 Å². The zero-order valence-corrected chi connectivity index (χ0v) is 13.8. The average Bonchev–Trinajstić information content (AvgIpc) is 2.50. The lowest BCUT2D eigenvalue weighted by Crippen LogP contribution is -1.94. The molecule has 0 unspecified atom stereocenters. The fraction of sp³-hybridized carbons (Fsp3) is 0.368. The highest BCUT2D eigenvalue weighted by Crippen LogP contribution is 2.17. The topological polar surface area (TPSA) is 26.0 Å². The van der Waals surface area contributed by atoms with Crippen LogP contribution in [0.2, 0.25) is 0 Å². The minimum atomic E-state index is 0.824. The van der Waals surface area contributed by atoms with Gasteiger partial charge in [-0.25, -0.2) is 0 Å². The largest absolute Gasteiger partial charge is 0.399 e. The Morgan fingerprint density at radius 1 is 0.800 bits per heavy atom. The van der Waals surface area contributed by atoms with Crippen LogP contribution in [0.5, 0.6) is 0 Å². The Morgan fingerprint density at radius 2 is 1.35 bits per heavy atom. The predicted octanol–water partition coefficient (Wildman–Crippen LogP) is 5.53. The molecule has 0 fully saturated rings. The second kappa shape index (κ2) is 10.1. The number of rotatable bonds is 2. The molecule has 0 heterocycles. The molecule has 2 rings (SSSR count). The van der Waals surface area contributed by atoms with Gasteiger partial charge in [-0.05, 0) is 54.7 Å². The molecule has 0 saturated heterocycles. The van der Waals surface area contributed by atoms with Gasteiger partial charge in [0.05, 0.1) is 0 Å². The molecular weight excluding hydrogens is 242 g/mol. The molecule has 2 N–H and O–H groups in total. The Balaban J connectivity index is 0.000000829. The fourth-order valence-electron chi connectivity index (χ4n) is 1.86. The Kier molecular flexibility index (Phi) is 9.19. The third-order valence-corrected chi connectivity index (χ3v) is 3.09. The second-order valence-corrected chi connectivity index (χ2v) is 4.28. The van der Waals surface area contributed by atoms with Crippen LogP contribution >= 0.6 is 0 Å². The Morgan fingerprint density at radius 3 is 1.90 bits per heavy atom. The number of aryl methyl sites for hydroxylation is 1. The lowest BCUT2D eigenvalue weighted by atomic mass is 9.97. The molecule has 0 spiro atoms. The molecule has 20 heavy (non-hydrogen) atoms. The highest BCUT2D eigenvalue weighted by Gasteiger charge is 2.01. The van der Waals surface area contributed by atoms with E-state index in [0.29, 0.717) is 0 Å². The van der Waals surface area contributed by atoms with Gasteiger partial charge < -0.3 is 5.73 Å². The van der Waals surface area contributed by atoms with Crippen LogP contribution in [0.4, 0.5) is 5.69 Å². The van der Waals surface area contributed by atoms with Crippen molar-refractivity contribution in [2.24, 2.45) is 0 Å². The lowest BCUT2D eigenvalue weighted by Gasteiger charge is -2.08. The summed E-state index contributed by atoms with van der Waals surface area (Å²) >= 11 is 0. The molecule has 0 aliphatic rings. The second-order valence-electron chi connectivity index (χ2n) is 4.28. The van der Waals surface area contributed by atoms with E-state index in [4.69, 9.17) is 5.73 Å². The molecule has 0 aliphatic heterocycles. The van der Waals surface area contributed by atoms with Crippen molar-refractivity contribution in [3.63, 3.8) is 0 Å². The molecule has 0 aliphatic carbocycles. The first-order valence-electron chi connectivity index (χ1n) is 7.56. The van der Waals surface area contributed by atoms with Gasteiger partial charge in [0, 0.05) is 5.69 Å². The Bertz CT molecular complexity index is 484. The van der Waals surface area contributed by atoms with Crippen molar-refractivity contribution in [2.75, 3.05) is 5.73 Å². The third kappa shape index (κ3) is 5.48. The average molecular weight is 271 g/mol. The van der Waals surface area contributed by atoms with Crippen LogP contribution < -0.4 is 5.73 Å². The van der Waals surface area contributed by atoms with E-state index < -0.39 is 0 Å². The van der Waals surface area contributed by atoms with Crippen LogP contribution in [-0.4, -0.2) is 0 Å². The summed E-state index contributed by atoms with van der Waals surface area (Å²) in [7, 11) is 0. The van der Waals surface area contributed by atoms with Crippen molar-refractivity contribution in [2.45, 2.75) is 48.0 Å². The van der Waals surface area contributed by atoms with Crippen molar-refractivity contribution in [1.82, 2.24) is 0 Å². The summed E-state index contributed by atoms with van der Waals surface area (Å²) in [5.74, 6) is 0. The van der Waals surface area contributed by atoms with Crippen molar-refractivity contribution in [3.8, 4) is 0 Å². The van der Waals surface area contributed by atoms with Crippen LogP contribution in [0.15, 0.2) is 42.5 Å². The Hall–Kier alpha value is -1.76. The monoisotopic (exact) mass is 271 g/mol. The molecule has 1 heteroatoms. The summed E-state index contributed by atoms with van der Waals surface area (Å²) in [5, 5.41) is 0. The first kappa shape index (κ1) is 18.2. The van der Waals surface area contributed by atoms with E-state index in [-0.39, 0.29) is 0 Å². The molecule has 0 radical (unpaired) electrons. The number of anilines is 1. The fourth-order valence-corrected chi connectivity index (χ4v) is 1.86. The highest BCUT2D eigenvalue weighted by molar-refractivity contribution is 5.42. The normalized spacial score (nSPS) is 8.90. The number of benzene rings is 2. The molecule has 0 amide bonds. The summed E-state index contributed by atoms with van der Waals surface area (Å²) in [4.78, 5) is 0. The minimum absolute atomic E-state index is 0.824. The Labute approximate surface area is 124 Å². The molecule has 0 atom stereocenters. The van der Waals surface area contributed by atoms with Gasteiger partial charge in [-0.1, -0.05) is 58.0 Å². The van der Waals surface area contributed by atoms with Gasteiger partial charge in [0.25, 0.3) is 0 Å². The molecule has 0 saturated carbocycles. The van der Waals surface area contributed by atoms with Crippen LogP contribution in [0, 0.1) is 13.8 Å². The standard InChI is InChI=1S/C15H17N.2C2H6/c1-11-4-3-5-14(12(11)2)10-13-6-8-15(16)9-7-13;2*1-2/h3-9H,10,16H2,1-2H3;2*1-2H3. The summed E-state index contributed by atoms with van der Waals surface area (Å²) in [6.07, 6.45) is 0.980. The summed E-state index contributed by atoms with van der Waals surface area (Å²) in [6, 6.07) is 14.6. The van der Waals surface area contributed by atoms with Gasteiger partial charge >= 0.3 is 0 Å². The van der Waals surface area contributed by atoms with Gasteiger partial charge in [0.1, 0.15) is 0 Å². The molecule has 2 aromatic rings. The van der Waals surface area contributed by atoms with Gasteiger partial charge in [-0.15, -0.1) is 0 Å². The first-order valence-corrected chi connectivity index (χ1v) is 7.56. The maximum absolute atomic E-state index is 5.67. The van der Waals surface area contributed by atoms with Crippen LogP contribution in [0.1, 0.15) is 49.9 Å². The summed E-state index contributed by atoms with van der Waals surface area (Å²) in [5.41, 5.74) is 11.9. The summed E-state index contributed by atoms with van der Waals surface area (Å²) in [6.45, 7) is 12.3. The van der Waals surface area contributed by atoms with Crippen LogP contribution in [0.3, 0.4) is 0 Å². The van der Waals surface area contributed by atoms with Crippen LogP contribution in [0.25, 0.3) is 0 Å². The van der Waals surface area contributed by atoms with E-state index >= 15 is 0 Å². The molecular formula is C19H29N. The van der Waals surface area contributed by atoms with E-state index in [0.717, 1.165) is 12.1 Å². The number of nitrogens with two attached hydrogens (primary N) is 1. The van der Waals surface area contributed by atoms with E-state index in [1.807, 2.05) is 39.8 Å². The van der Waals surface area contributed by atoms with E-state index in [9.17, 15) is 0 Å². The molecule has 0 aromatic heterocycles. The molecule has 1 nitrogen and oxygen atoms in total. The van der Waals surface area contributed by atoms with Gasteiger partial charge in [0.2, 0.25) is 0 Å². The van der Waals surface area contributed by atoms with Crippen molar-refractivity contribution >= 4 is 5.69 Å². The number of hydrogen-bond donors (Lipinski definition) is 1. The van der Waals surface area contributed by atoms with Gasteiger partial charge in [0.15, 0.2) is 0 Å². The van der Waals surface area contributed by atoms with Gasteiger partial charge in [-0.3, -0.25) is 0 Å². The highest BCUT2D eigenvalue weighted by atomic mass is 14.5. The SMILES string of the molecule is CC.CC.Cc1cccc(Cc2ccc(N)cc2)c1C. The number of nitrogen functional groups attached to an aromatic ring is 1. The zero-order valence-electron chi connectivity index (χ0n) is 13.8. The zero-order chi connectivity index (χ0) is 15.5. The minimum Gasteiger partial charge on any atom is -0.399 e. The van der Waals surface area contributed by atoms with E-state index in [1.54, 1.807) is 0 Å². The van der Waals surface area contributed by atoms with Crippen molar-refractivity contribution < 1.29 is 0 Å². The number of hydrogen-bond acceptors (Lipinski definition) is 1. The quantitative estimate of drug-likeness (QED) is 0.714. The lowest BCUT2D eigenvalue weighted by molar-refractivity contribution is 1.14. The van der Waals surface area contributed by atoms with E-state index in [1.165, 1.54) is 22.3 Å². The van der Waals surface area contributed by atoms with Crippen molar-refractivity contribution in [3.05, 3.63) is 64.7 Å². The van der Waals surface area contributed by atoms with E-state index in [2.05, 4.69) is 44.2 Å². The maximum Gasteiger partial charge on any atom is 0.0314 e. The third-order valence-electron chi connectivity index (χ3n) is 3.09.